The molecule has 0 spiro atoms. The lowest BCUT2D eigenvalue weighted by Gasteiger charge is -2.09. The molecule has 0 aromatic heterocycles. The van der Waals surface area contributed by atoms with E-state index in [-0.39, 0.29) is 13.2 Å². The molecule has 1 unspecified atom stereocenters. The molecule has 0 aliphatic carbocycles. The van der Waals surface area contributed by atoms with Gasteiger partial charge in [0, 0.05) is 14.2 Å². The van der Waals surface area contributed by atoms with Gasteiger partial charge in [-0.05, 0) is 0 Å². The number of hydrogen-bond acceptors (Lipinski definition) is 7. The van der Waals surface area contributed by atoms with Gasteiger partial charge in [0.25, 0.3) is 0 Å². The second kappa shape index (κ2) is 9.51. The normalized spacial score (nSPS) is 18.2. The lowest BCUT2D eigenvalue weighted by molar-refractivity contribution is -0.151. The maximum absolute atomic E-state index is 11.3. The smallest absolute Gasteiger partial charge is 0.410 e. The van der Waals surface area contributed by atoms with Gasteiger partial charge >= 0.3 is 12.1 Å². The van der Waals surface area contributed by atoms with Crippen LogP contribution < -0.4 is 0 Å². The van der Waals surface area contributed by atoms with Crippen LogP contribution in [0.15, 0.2) is 0 Å². The minimum atomic E-state index is -0.493. The van der Waals surface area contributed by atoms with Gasteiger partial charge in [-0.25, -0.2) is 9.59 Å². The minimum absolute atomic E-state index is 0.0443. The van der Waals surface area contributed by atoms with E-state index in [1.807, 2.05) is 0 Å². The van der Waals surface area contributed by atoms with Crippen molar-refractivity contribution in [3.63, 3.8) is 0 Å². The number of cyclic esters (lactones) is 1. The number of esters is 1. The summed E-state index contributed by atoms with van der Waals surface area (Å²) in [4.78, 5) is 23.8. The van der Waals surface area contributed by atoms with Gasteiger partial charge < -0.3 is 28.6 Å². The van der Waals surface area contributed by atoms with Crippen molar-refractivity contribution in [3.05, 3.63) is 0 Å². The maximum Gasteiger partial charge on any atom is 0.410 e. The zero-order valence-electron chi connectivity index (χ0n) is 11.8. The van der Waals surface area contributed by atoms with Gasteiger partial charge in [-0.15, -0.1) is 0 Å². The number of rotatable bonds is 10. The second-order valence-corrected chi connectivity index (χ2v) is 4.23. The Morgan fingerprint density at radius 1 is 1.30 bits per heavy atom. The van der Waals surface area contributed by atoms with Crippen molar-refractivity contribution in [3.8, 4) is 0 Å². The number of nitrogens with zero attached hydrogens (tertiary/aromatic N) is 1. The highest BCUT2D eigenvalue weighted by Gasteiger charge is 2.29. The third-order valence-corrected chi connectivity index (χ3v) is 2.51. The third-order valence-electron chi connectivity index (χ3n) is 2.51. The summed E-state index contributed by atoms with van der Waals surface area (Å²) < 4.78 is 24.9. The number of methoxy groups -OCH3 is 1. The molecule has 1 aliphatic heterocycles. The van der Waals surface area contributed by atoms with Gasteiger partial charge in [0.15, 0.2) is 6.10 Å². The van der Waals surface area contributed by atoms with Crippen LogP contribution in [0.5, 0.6) is 0 Å². The summed E-state index contributed by atoms with van der Waals surface area (Å²) in [5.74, 6) is -0.493. The first-order valence-electron chi connectivity index (χ1n) is 6.35. The first kappa shape index (κ1) is 16.7. The molecule has 1 saturated heterocycles. The van der Waals surface area contributed by atoms with E-state index in [2.05, 4.69) is 0 Å². The van der Waals surface area contributed by atoms with E-state index in [4.69, 9.17) is 23.7 Å². The summed E-state index contributed by atoms with van der Waals surface area (Å²) in [7, 11) is 3.21. The zero-order valence-corrected chi connectivity index (χ0v) is 11.8. The Balaban J connectivity index is 1.94. The molecule has 0 N–H and O–H groups in total. The van der Waals surface area contributed by atoms with E-state index in [0.29, 0.717) is 33.0 Å². The number of likely N-dealkylation sites (N-methyl/N-ethyl adjacent to an activating group) is 1. The summed E-state index contributed by atoms with van der Waals surface area (Å²) >= 11 is 0. The van der Waals surface area contributed by atoms with Crippen molar-refractivity contribution in [2.45, 2.75) is 6.10 Å². The topological polar surface area (TPSA) is 83.5 Å². The average molecular weight is 291 g/mol. The molecule has 1 atom stereocenters. The molecule has 8 nitrogen and oxygen atoms in total. The van der Waals surface area contributed by atoms with Gasteiger partial charge in [0.05, 0.1) is 33.0 Å². The van der Waals surface area contributed by atoms with Crippen LogP contribution >= 0.6 is 0 Å². The van der Waals surface area contributed by atoms with Crippen LogP contribution in [0.1, 0.15) is 0 Å². The van der Waals surface area contributed by atoms with E-state index in [0.717, 1.165) is 0 Å². The lowest BCUT2D eigenvalue weighted by atomic mass is 10.4. The predicted octanol–water partition coefficient (Wildman–Crippen LogP) is -0.340. The Hall–Kier alpha value is -1.38. The maximum atomic E-state index is 11.3. The van der Waals surface area contributed by atoms with Crippen molar-refractivity contribution in [2.75, 3.05) is 60.3 Å². The standard InChI is InChI=1S/C12H21NO7/c1-13-7-10(20-12(13)15)8-19-11(14)9-18-6-5-17-4-3-16-2/h10H,3-9H2,1-2H3. The summed E-state index contributed by atoms with van der Waals surface area (Å²) in [6, 6.07) is 0. The number of ether oxygens (including phenoxy) is 5. The first-order valence-corrected chi connectivity index (χ1v) is 6.35. The molecule has 1 amide bonds. The van der Waals surface area contributed by atoms with Crippen LogP contribution in [0.4, 0.5) is 4.79 Å². The van der Waals surface area contributed by atoms with E-state index in [1.54, 1.807) is 14.2 Å². The number of amides is 1. The van der Waals surface area contributed by atoms with Gasteiger partial charge in [0.2, 0.25) is 0 Å². The van der Waals surface area contributed by atoms with E-state index >= 15 is 0 Å². The van der Waals surface area contributed by atoms with Crippen molar-refractivity contribution in [2.24, 2.45) is 0 Å². The molecule has 0 saturated carbocycles. The molecule has 8 heteroatoms. The van der Waals surface area contributed by atoms with Gasteiger partial charge in [-0.1, -0.05) is 0 Å². The van der Waals surface area contributed by atoms with Crippen LogP contribution in [0.3, 0.4) is 0 Å². The SMILES string of the molecule is COCCOCCOCC(=O)OCC1CN(C)C(=O)O1. The molecule has 0 aromatic carbocycles. The Bertz CT molecular complexity index is 310. The minimum Gasteiger partial charge on any atom is -0.460 e. The molecule has 20 heavy (non-hydrogen) atoms. The van der Waals surface area contributed by atoms with E-state index in [1.165, 1.54) is 4.90 Å². The molecule has 1 rings (SSSR count). The molecule has 1 aliphatic rings. The fraction of sp³-hybridized carbons (Fsp3) is 0.833. The van der Waals surface area contributed by atoms with Crippen LogP contribution in [-0.4, -0.2) is 83.4 Å². The van der Waals surface area contributed by atoms with Gasteiger partial charge in [-0.3, -0.25) is 0 Å². The van der Waals surface area contributed by atoms with E-state index in [9.17, 15) is 9.59 Å². The van der Waals surface area contributed by atoms with Crippen LogP contribution in [0, 0.1) is 0 Å². The molecular formula is C12H21NO7. The Labute approximate surface area is 117 Å². The largest absolute Gasteiger partial charge is 0.460 e. The molecule has 0 bridgehead atoms. The molecule has 1 fully saturated rings. The summed E-state index contributed by atoms with van der Waals surface area (Å²) in [6.07, 6.45) is -0.815. The fourth-order valence-electron chi connectivity index (χ4n) is 1.48. The Morgan fingerprint density at radius 2 is 2.00 bits per heavy atom. The molecule has 0 aromatic rings. The first-order chi connectivity index (χ1) is 9.63. The number of carbonyl (C=O) groups excluding carboxylic acids is 2. The van der Waals surface area contributed by atoms with Gasteiger partial charge in [-0.2, -0.15) is 0 Å². The van der Waals surface area contributed by atoms with Crippen molar-refractivity contribution >= 4 is 12.1 Å². The van der Waals surface area contributed by atoms with E-state index < -0.39 is 18.2 Å². The lowest BCUT2D eigenvalue weighted by Crippen LogP contribution is -2.25. The summed E-state index contributed by atoms with van der Waals surface area (Å²) in [6.45, 7) is 2.02. The van der Waals surface area contributed by atoms with Crippen molar-refractivity contribution < 1.29 is 33.3 Å². The third kappa shape index (κ3) is 6.69. The highest BCUT2D eigenvalue weighted by molar-refractivity contribution is 5.71. The molecule has 116 valence electrons. The number of carbonyl (C=O) groups is 2. The van der Waals surface area contributed by atoms with Crippen LogP contribution in [0.2, 0.25) is 0 Å². The predicted molar refractivity (Wildman–Crippen MR) is 67.4 cm³/mol. The highest BCUT2D eigenvalue weighted by Crippen LogP contribution is 2.08. The molecule has 1 heterocycles. The van der Waals surface area contributed by atoms with Gasteiger partial charge in [0.1, 0.15) is 13.2 Å². The Kier molecular flexibility index (Phi) is 7.93. The molecular weight excluding hydrogens is 270 g/mol. The molecule has 0 radical (unpaired) electrons. The monoisotopic (exact) mass is 291 g/mol. The average Bonchev–Trinajstić information content (AvgIpc) is 2.74. The second-order valence-electron chi connectivity index (χ2n) is 4.23. The van der Waals surface area contributed by atoms with Crippen LogP contribution in [0.25, 0.3) is 0 Å². The van der Waals surface area contributed by atoms with Crippen molar-refractivity contribution in [1.82, 2.24) is 4.90 Å². The van der Waals surface area contributed by atoms with Crippen LogP contribution in [-0.2, 0) is 28.5 Å². The summed E-state index contributed by atoms with van der Waals surface area (Å²) in [5, 5.41) is 0. The zero-order chi connectivity index (χ0) is 14.8. The highest BCUT2D eigenvalue weighted by atomic mass is 16.6. The summed E-state index contributed by atoms with van der Waals surface area (Å²) in [5.41, 5.74) is 0. The fourth-order valence-corrected chi connectivity index (χ4v) is 1.48. The number of hydrogen-bond donors (Lipinski definition) is 0. The quantitative estimate of drug-likeness (QED) is 0.402. The Morgan fingerprint density at radius 3 is 2.65 bits per heavy atom. The van der Waals surface area contributed by atoms with Crippen molar-refractivity contribution in [1.29, 1.82) is 0 Å².